The van der Waals surface area contributed by atoms with E-state index in [-0.39, 0.29) is 0 Å². The molecule has 0 saturated carbocycles. The highest BCUT2D eigenvalue weighted by Crippen LogP contribution is 2.41. The third-order valence-electron chi connectivity index (χ3n) is 5.06. The van der Waals surface area contributed by atoms with Crippen LogP contribution in [0, 0.1) is 0 Å². The Kier molecular flexibility index (Phi) is 5.49. The van der Waals surface area contributed by atoms with Gasteiger partial charge in [0.15, 0.2) is 11.5 Å². The second kappa shape index (κ2) is 7.79. The van der Waals surface area contributed by atoms with Crippen LogP contribution >= 0.6 is 0 Å². The van der Waals surface area contributed by atoms with Crippen molar-refractivity contribution < 1.29 is 14.2 Å². The third-order valence-corrected chi connectivity index (χ3v) is 5.06. The zero-order valence-electron chi connectivity index (χ0n) is 15.5. The van der Waals surface area contributed by atoms with Crippen molar-refractivity contribution in [3.8, 4) is 28.4 Å². The number of ether oxygens (including phenoxy) is 3. The molecule has 1 atom stereocenters. The first-order valence-corrected chi connectivity index (χ1v) is 8.82. The molecule has 1 heterocycles. The molecule has 0 bridgehead atoms. The molecule has 134 valence electrons. The largest absolute Gasteiger partial charge is 0.493 e. The molecule has 0 radical (unpaired) electrons. The van der Waals surface area contributed by atoms with Gasteiger partial charge in [0.25, 0.3) is 0 Å². The van der Waals surface area contributed by atoms with Crippen LogP contribution in [0.5, 0.6) is 17.2 Å². The van der Waals surface area contributed by atoms with E-state index >= 15 is 0 Å². The minimum atomic E-state index is 0.435. The van der Waals surface area contributed by atoms with Crippen molar-refractivity contribution in [3.05, 3.63) is 42.0 Å². The molecule has 0 N–H and O–H groups in total. The number of methoxy groups -OCH3 is 3. The van der Waals surface area contributed by atoms with Gasteiger partial charge in [-0.3, -0.25) is 4.90 Å². The van der Waals surface area contributed by atoms with E-state index in [9.17, 15) is 0 Å². The number of benzene rings is 2. The highest BCUT2D eigenvalue weighted by atomic mass is 16.5. The van der Waals surface area contributed by atoms with Crippen molar-refractivity contribution in [1.82, 2.24) is 4.90 Å². The summed E-state index contributed by atoms with van der Waals surface area (Å²) in [7, 11) is 4.91. The van der Waals surface area contributed by atoms with Crippen molar-refractivity contribution in [3.63, 3.8) is 0 Å². The van der Waals surface area contributed by atoms with Gasteiger partial charge >= 0.3 is 0 Å². The minimum Gasteiger partial charge on any atom is -0.493 e. The van der Waals surface area contributed by atoms with E-state index in [1.54, 1.807) is 21.3 Å². The molecule has 4 heteroatoms. The van der Waals surface area contributed by atoms with E-state index < -0.39 is 0 Å². The van der Waals surface area contributed by atoms with E-state index in [1.165, 1.54) is 31.5 Å². The Labute approximate surface area is 150 Å². The quantitative estimate of drug-likeness (QED) is 0.772. The van der Waals surface area contributed by atoms with Crippen molar-refractivity contribution in [2.75, 3.05) is 34.4 Å². The monoisotopic (exact) mass is 341 g/mol. The summed E-state index contributed by atoms with van der Waals surface area (Å²) >= 11 is 0. The predicted molar refractivity (Wildman–Crippen MR) is 101 cm³/mol. The molecule has 1 aliphatic rings. The zero-order chi connectivity index (χ0) is 17.8. The van der Waals surface area contributed by atoms with Gasteiger partial charge in [-0.15, -0.1) is 0 Å². The average Bonchev–Trinajstić information content (AvgIpc) is 3.21. The number of likely N-dealkylation sites (tertiary alicyclic amines) is 1. The Hall–Kier alpha value is -2.20. The minimum absolute atomic E-state index is 0.435. The number of hydrogen-bond donors (Lipinski definition) is 0. The lowest BCUT2D eigenvalue weighted by Gasteiger charge is -2.24. The molecule has 1 saturated heterocycles. The standard InChI is InChI=1S/C21H27NO3/c1-15(22-10-5-6-11-22)16-8-7-9-17(12-16)18-13-19(23-2)21(25-4)20(14-18)24-3/h7-9,12-15H,5-6,10-11H2,1-4H3/t15-/m0/s1. The van der Waals surface area contributed by atoms with Gasteiger partial charge in [0, 0.05) is 6.04 Å². The molecule has 2 aromatic carbocycles. The van der Waals surface area contributed by atoms with Crippen LogP contribution in [0.3, 0.4) is 0 Å². The normalized spacial score (nSPS) is 15.8. The molecule has 1 fully saturated rings. The summed E-state index contributed by atoms with van der Waals surface area (Å²) in [6.07, 6.45) is 2.60. The number of hydrogen-bond acceptors (Lipinski definition) is 4. The van der Waals surface area contributed by atoms with Crippen LogP contribution in [0.2, 0.25) is 0 Å². The van der Waals surface area contributed by atoms with Crippen LogP contribution in [0.4, 0.5) is 0 Å². The van der Waals surface area contributed by atoms with Gasteiger partial charge < -0.3 is 14.2 Å². The summed E-state index contributed by atoms with van der Waals surface area (Å²) in [5.41, 5.74) is 3.56. The van der Waals surface area contributed by atoms with Crippen LogP contribution < -0.4 is 14.2 Å². The summed E-state index contributed by atoms with van der Waals surface area (Å²) in [5.74, 6) is 1.97. The smallest absolute Gasteiger partial charge is 0.203 e. The number of nitrogens with zero attached hydrogens (tertiary/aromatic N) is 1. The van der Waals surface area contributed by atoms with E-state index in [4.69, 9.17) is 14.2 Å². The Morgan fingerprint density at radius 3 is 2.04 bits per heavy atom. The molecule has 0 amide bonds. The fraction of sp³-hybridized carbons (Fsp3) is 0.429. The van der Waals surface area contributed by atoms with Crippen LogP contribution in [-0.4, -0.2) is 39.3 Å². The highest BCUT2D eigenvalue weighted by molar-refractivity contribution is 5.71. The Balaban J connectivity index is 1.97. The first-order valence-electron chi connectivity index (χ1n) is 8.82. The second-order valence-electron chi connectivity index (χ2n) is 6.46. The fourth-order valence-corrected chi connectivity index (χ4v) is 3.57. The molecular weight excluding hydrogens is 314 g/mol. The molecule has 0 aliphatic carbocycles. The third kappa shape index (κ3) is 3.59. The molecule has 0 aromatic heterocycles. The molecule has 4 nitrogen and oxygen atoms in total. The van der Waals surface area contributed by atoms with Gasteiger partial charge in [0.05, 0.1) is 21.3 Å². The Bertz CT molecular complexity index is 698. The van der Waals surface area contributed by atoms with Gasteiger partial charge in [-0.25, -0.2) is 0 Å². The van der Waals surface area contributed by atoms with Gasteiger partial charge in [-0.05, 0) is 67.7 Å². The highest BCUT2D eigenvalue weighted by Gasteiger charge is 2.20. The Morgan fingerprint density at radius 1 is 0.840 bits per heavy atom. The van der Waals surface area contributed by atoms with Crippen molar-refractivity contribution in [1.29, 1.82) is 0 Å². The molecule has 25 heavy (non-hydrogen) atoms. The summed E-state index contributed by atoms with van der Waals surface area (Å²) in [4.78, 5) is 2.55. The fourth-order valence-electron chi connectivity index (χ4n) is 3.57. The van der Waals surface area contributed by atoms with Gasteiger partial charge in [0.1, 0.15) is 0 Å². The van der Waals surface area contributed by atoms with Crippen LogP contribution in [0.1, 0.15) is 31.4 Å². The molecule has 2 aromatic rings. The first-order chi connectivity index (χ1) is 12.2. The predicted octanol–water partition coefficient (Wildman–Crippen LogP) is 4.54. The van der Waals surface area contributed by atoms with Crippen LogP contribution in [0.15, 0.2) is 36.4 Å². The Morgan fingerprint density at radius 2 is 1.48 bits per heavy atom. The molecular formula is C21H27NO3. The maximum absolute atomic E-state index is 5.49. The van der Waals surface area contributed by atoms with Gasteiger partial charge in [-0.1, -0.05) is 18.2 Å². The van der Waals surface area contributed by atoms with E-state index in [0.717, 1.165) is 11.1 Å². The summed E-state index contributed by atoms with van der Waals surface area (Å²) in [6, 6.07) is 13.2. The lowest BCUT2D eigenvalue weighted by Crippen LogP contribution is -2.23. The zero-order valence-corrected chi connectivity index (χ0v) is 15.5. The van der Waals surface area contributed by atoms with Crippen LogP contribution in [0.25, 0.3) is 11.1 Å². The molecule has 3 rings (SSSR count). The first kappa shape index (κ1) is 17.6. The lowest BCUT2D eigenvalue weighted by atomic mass is 9.99. The molecule has 0 spiro atoms. The molecule has 0 unspecified atom stereocenters. The average molecular weight is 341 g/mol. The summed E-state index contributed by atoms with van der Waals surface area (Å²) in [5, 5.41) is 0. The van der Waals surface area contributed by atoms with Gasteiger partial charge in [-0.2, -0.15) is 0 Å². The van der Waals surface area contributed by atoms with E-state index in [2.05, 4.69) is 36.1 Å². The molecule has 1 aliphatic heterocycles. The van der Waals surface area contributed by atoms with E-state index in [1.807, 2.05) is 12.1 Å². The summed E-state index contributed by atoms with van der Waals surface area (Å²) in [6.45, 7) is 4.67. The lowest BCUT2D eigenvalue weighted by molar-refractivity contribution is 0.263. The topological polar surface area (TPSA) is 30.9 Å². The number of rotatable bonds is 6. The van der Waals surface area contributed by atoms with Crippen molar-refractivity contribution in [2.24, 2.45) is 0 Å². The van der Waals surface area contributed by atoms with Crippen LogP contribution in [-0.2, 0) is 0 Å². The van der Waals surface area contributed by atoms with Crippen molar-refractivity contribution in [2.45, 2.75) is 25.8 Å². The maximum Gasteiger partial charge on any atom is 0.203 e. The maximum atomic E-state index is 5.49. The van der Waals surface area contributed by atoms with Crippen molar-refractivity contribution >= 4 is 0 Å². The van der Waals surface area contributed by atoms with Gasteiger partial charge in [0.2, 0.25) is 5.75 Å². The summed E-state index contributed by atoms with van der Waals surface area (Å²) < 4.78 is 16.4. The van der Waals surface area contributed by atoms with E-state index in [0.29, 0.717) is 23.3 Å². The SMILES string of the molecule is COc1cc(-c2cccc([C@H](C)N3CCCC3)c2)cc(OC)c1OC. The second-order valence-corrected chi connectivity index (χ2v) is 6.46.